The normalized spacial score (nSPS) is 10.7. The molecule has 6 nitrogen and oxygen atoms in total. The summed E-state index contributed by atoms with van der Waals surface area (Å²) in [6.07, 6.45) is 2.56. The minimum absolute atomic E-state index is 0.174. The molecule has 0 saturated carbocycles. The van der Waals surface area contributed by atoms with Crippen LogP contribution in [0.5, 0.6) is 5.75 Å². The second-order valence-electron chi connectivity index (χ2n) is 5.85. The first kappa shape index (κ1) is 20.2. The van der Waals surface area contributed by atoms with E-state index in [-0.39, 0.29) is 11.7 Å². The number of carbonyl (C=O) groups is 1. The third-order valence-corrected chi connectivity index (χ3v) is 5.25. The molecule has 3 aromatic rings. The van der Waals surface area contributed by atoms with E-state index in [2.05, 4.69) is 28.5 Å². The molecule has 0 bridgehead atoms. The quantitative estimate of drug-likeness (QED) is 0.543. The Hall–Kier alpha value is -2.51. The molecule has 0 aliphatic heterocycles. The number of para-hydroxylation sites is 2. The van der Waals surface area contributed by atoms with Crippen LogP contribution in [-0.2, 0) is 11.2 Å². The van der Waals surface area contributed by atoms with Crippen molar-refractivity contribution in [3.63, 3.8) is 0 Å². The van der Waals surface area contributed by atoms with Gasteiger partial charge in [-0.3, -0.25) is 9.36 Å². The highest BCUT2D eigenvalue weighted by atomic mass is 35.5. The van der Waals surface area contributed by atoms with Crippen molar-refractivity contribution in [1.82, 2.24) is 14.8 Å². The molecule has 8 heteroatoms. The molecule has 1 heterocycles. The lowest BCUT2D eigenvalue weighted by Gasteiger charge is -2.13. The molecule has 0 saturated heterocycles. The minimum Gasteiger partial charge on any atom is -0.490 e. The molecule has 146 valence electrons. The van der Waals surface area contributed by atoms with Gasteiger partial charge < -0.3 is 10.1 Å². The number of hydrogen-bond acceptors (Lipinski definition) is 5. The zero-order valence-corrected chi connectivity index (χ0v) is 17.3. The molecule has 0 spiro atoms. The van der Waals surface area contributed by atoms with Gasteiger partial charge in [-0.05, 0) is 37.1 Å². The number of benzene rings is 2. The lowest BCUT2D eigenvalue weighted by atomic mass is 10.1. The predicted molar refractivity (Wildman–Crippen MR) is 113 cm³/mol. The van der Waals surface area contributed by atoms with Crippen LogP contribution in [0.25, 0.3) is 5.69 Å². The first-order valence-electron chi connectivity index (χ1n) is 8.96. The van der Waals surface area contributed by atoms with Crippen molar-refractivity contribution in [2.24, 2.45) is 0 Å². The van der Waals surface area contributed by atoms with Crippen molar-refractivity contribution < 1.29 is 9.53 Å². The second kappa shape index (κ2) is 9.61. The Morgan fingerprint density at radius 2 is 2.04 bits per heavy atom. The molecular formula is C20H21ClN4O2S. The van der Waals surface area contributed by atoms with Gasteiger partial charge in [0.25, 0.3) is 0 Å². The van der Waals surface area contributed by atoms with E-state index in [0.717, 1.165) is 12.1 Å². The van der Waals surface area contributed by atoms with Crippen molar-refractivity contribution >= 4 is 35.0 Å². The van der Waals surface area contributed by atoms with Crippen LogP contribution < -0.4 is 10.1 Å². The molecule has 0 aliphatic carbocycles. The van der Waals surface area contributed by atoms with Crippen molar-refractivity contribution in [3.05, 3.63) is 59.4 Å². The molecule has 0 unspecified atom stereocenters. The minimum atomic E-state index is -0.174. The van der Waals surface area contributed by atoms with Crippen LogP contribution in [0, 0.1) is 0 Å². The molecule has 0 fully saturated rings. The van der Waals surface area contributed by atoms with E-state index in [1.165, 1.54) is 17.3 Å². The summed E-state index contributed by atoms with van der Waals surface area (Å²) in [5.41, 5.74) is 2.76. The van der Waals surface area contributed by atoms with Gasteiger partial charge in [0.05, 0.1) is 28.8 Å². The summed E-state index contributed by atoms with van der Waals surface area (Å²) >= 11 is 7.49. The van der Waals surface area contributed by atoms with Gasteiger partial charge in [0.15, 0.2) is 10.9 Å². The number of nitrogens with one attached hydrogen (secondary N) is 1. The standard InChI is InChI=1S/C20H21ClN4O2S/c1-3-14-8-5-6-11-17(14)25-13-22-24-20(25)28-12-18(26)23-16-10-7-9-15(21)19(16)27-4-2/h5-11,13H,3-4,12H2,1-2H3,(H,23,26). The van der Waals surface area contributed by atoms with E-state index >= 15 is 0 Å². The van der Waals surface area contributed by atoms with Crippen LogP contribution in [0.4, 0.5) is 5.69 Å². The van der Waals surface area contributed by atoms with Gasteiger partial charge in [0.1, 0.15) is 6.33 Å². The highest BCUT2D eigenvalue weighted by Crippen LogP contribution is 2.33. The second-order valence-corrected chi connectivity index (χ2v) is 7.20. The number of thioether (sulfide) groups is 1. The number of halogens is 1. The van der Waals surface area contributed by atoms with Crippen LogP contribution in [0.3, 0.4) is 0 Å². The average molecular weight is 417 g/mol. The number of anilines is 1. The third-order valence-electron chi connectivity index (χ3n) is 4.01. The highest BCUT2D eigenvalue weighted by Gasteiger charge is 2.14. The maximum atomic E-state index is 12.5. The number of nitrogens with zero attached hydrogens (tertiary/aromatic N) is 3. The Kier molecular flexibility index (Phi) is 6.95. The molecular weight excluding hydrogens is 396 g/mol. The van der Waals surface area contributed by atoms with Gasteiger partial charge in [0.2, 0.25) is 5.91 Å². The summed E-state index contributed by atoms with van der Waals surface area (Å²) in [6, 6.07) is 13.3. The highest BCUT2D eigenvalue weighted by molar-refractivity contribution is 7.99. The van der Waals surface area contributed by atoms with E-state index in [1.54, 1.807) is 24.5 Å². The van der Waals surface area contributed by atoms with Crippen molar-refractivity contribution in [3.8, 4) is 11.4 Å². The molecule has 0 atom stereocenters. The zero-order valence-electron chi connectivity index (χ0n) is 15.7. The Bertz CT molecular complexity index is 961. The van der Waals surface area contributed by atoms with E-state index in [1.807, 2.05) is 29.7 Å². The van der Waals surface area contributed by atoms with Gasteiger partial charge in [0, 0.05) is 0 Å². The van der Waals surface area contributed by atoms with Crippen molar-refractivity contribution in [2.45, 2.75) is 25.4 Å². The average Bonchev–Trinajstić information content (AvgIpc) is 3.17. The predicted octanol–water partition coefficient (Wildman–Crippen LogP) is 4.61. The topological polar surface area (TPSA) is 69.0 Å². The van der Waals surface area contributed by atoms with Gasteiger partial charge in [-0.1, -0.05) is 54.6 Å². The molecule has 1 aromatic heterocycles. The summed E-state index contributed by atoms with van der Waals surface area (Å²) in [4.78, 5) is 12.5. The summed E-state index contributed by atoms with van der Waals surface area (Å²) in [5.74, 6) is 0.488. The monoisotopic (exact) mass is 416 g/mol. The third kappa shape index (κ3) is 4.66. The smallest absolute Gasteiger partial charge is 0.234 e. The fourth-order valence-electron chi connectivity index (χ4n) is 2.75. The number of aryl methyl sites for hydroxylation is 1. The largest absolute Gasteiger partial charge is 0.490 e. The molecule has 1 amide bonds. The first-order valence-corrected chi connectivity index (χ1v) is 10.3. The zero-order chi connectivity index (χ0) is 19.9. The van der Waals surface area contributed by atoms with E-state index < -0.39 is 0 Å². The lowest BCUT2D eigenvalue weighted by Crippen LogP contribution is -2.15. The lowest BCUT2D eigenvalue weighted by molar-refractivity contribution is -0.113. The molecule has 1 N–H and O–H groups in total. The number of aromatic nitrogens is 3. The molecule has 0 aliphatic rings. The Balaban J connectivity index is 1.70. The van der Waals surface area contributed by atoms with Crippen LogP contribution in [0.1, 0.15) is 19.4 Å². The van der Waals surface area contributed by atoms with Gasteiger partial charge in [-0.25, -0.2) is 0 Å². The molecule has 2 aromatic carbocycles. The molecule has 28 heavy (non-hydrogen) atoms. The van der Waals surface area contributed by atoms with Crippen LogP contribution in [0.2, 0.25) is 5.02 Å². The van der Waals surface area contributed by atoms with Crippen LogP contribution in [0.15, 0.2) is 53.9 Å². The number of amides is 1. The summed E-state index contributed by atoms with van der Waals surface area (Å²) in [7, 11) is 0. The number of rotatable bonds is 8. The Morgan fingerprint density at radius 1 is 1.21 bits per heavy atom. The summed E-state index contributed by atoms with van der Waals surface area (Å²) in [6.45, 7) is 4.43. The van der Waals surface area contributed by atoms with Gasteiger partial charge in [-0.2, -0.15) is 0 Å². The summed E-state index contributed by atoms with van der Waals surface area (Å²) < 4.78 is 7.45. The van der Waals surface area contributed by atoms with Gasteiger partial charge >= 0.3 is 0 Å². The van der Waals surface area contributed by atoms with Crippen molar-refractivity contribution in [2.75, 3.05) is 17.7 Å². The number of carbonyl (C=O) groups excluding carboxylic acids is 1. The van der Waals surface area contributed by atoms with Gasteiger partial charge in [-0.15, -0.1) is 10.2 Å². The van der Waals surface area contributed by atoms with E-state index in [4.69, 9.17) is 16.3 Å². The maximum Gasteiger partial charge on any atom is 0.234 e. The Morgan fingerprint density at radius 3 is 2.82 bits per heavy atom. The van der Waals surface area contributed by atoms with Crippen LogP contribution >= 0.6 is 23.4 Å². The fourth-order valence-corrected chi connectivity index (χ4v) is 3.70. The summed E-state index contributed by atoms with van der Waals surface area (Å²) in [5, 5.41) is 12.1. The molecule has 0 radical (unpaired) electrons. The maximum absolute atomic E-state index is 12.5. The SMILES string of the molecule is CCOc1c(Cl)cccc1NC(=O)CSc1nncn1-c1ccccc1CC. The van der Waals surface area contributed by atoms with Crippen LogP contribution in [-0.4, -0.2) is 33.0 Å². The number of hydrogen-bond donors (Lipinski definition) is 1. The first-order chi connectivity index (χ1) is 13.6. The van der Waals surface area contributed by atoms with E-state index in [9.17, 15) is 4.79 Å². The number of ether oxygens (including phenoxy) is 1. The fraction of sp³-hybridized carbons (Fsp3) is 0.250. The van der Waals surface area contributed by atoms with E-state index in [0.29, 0.717) is 28.2 Å². The Labute approximate surface area is 173 Å². The molecule has 3 rings (SSSR count). The van der Waals surface area contributed by atoms with Crippen molar-refractivity contribution in [1.29, 1.82) is 0 Å².